The summed E-state index contributed by atoms with van der Waals surface area (Å²) in [5.74, 6) is -0.719. The minimum Gasteiger partial charge on any atom is -0.317 e. The Balaban J connectivity index is 3.10. The van der Waals surface area contributed by atoms with Crippen molar-refractivity contribution in [3.05, 3.63) is 46.6 Å². The van der Waals surface area contributed by atoms with Crippen LogP contribution >= 0.6 is 0 Å². The fourth-order valence-electron chi connectivity index (χ4n) is 1.22. The molecular formula is C10H7F4N. The van der Waals surface area contributed by atoms with Crippen LogP contribution in [-0.4, -0.2) is 6.54 Å². The Morgan fingerprint density at radius 1 is 1.27 bits per heavy atom. The fraction of sp³-hybridized carbons (Fsp3) is 0.300. The Labute approximate surface area is 84.2 Å². The highest BCUT2D eigenvalue weighted by Gasteiger charge is 2.33. The van der Waals surface area contributed by atoms with Crippen LogP contribution in [0.2, 0.25) is 0 Å². The second-order valence-electron chi connectivity index (χ2n) is 2.93. The van der Waals surface area contributed by atoms with Gasteiger partial charge in [0.2, 0.25) is 6.54 Å². The number of halogens is 4. The van der Waals surface area contributed by atoms with Gasteiger partial charge in [-0.2, -0.15) is 13.2 Å². The van der Waals surface area contributed by atoms with Gasteiger partial charge in [0.15, 0.2) is 0 Å². The van der Waals surface area contributed by atoms with Crippen molar-refractivity contribution in [3.63, 3.8) is 0 Å². The largest absolute Gasteiger partial charge is 0.416 e. The summed E-state index contributed by atoms with van der Waals surface area (Å²) in [4.78, 5) is 2.94. The molecule has 0 aliphatic rings. The predicted octanol–water partition coefficient (Wildman–Crippen LogP) is 3.31. The van der Waals surface area contributed by atoms with Crippen molar-refractivity contribution in [1.29, 1.82) is 0 Å². The third-order valence-electron chi connectivity index (χ3n) is 1.87. The highest BCUT2D eigenvalue weighted by molar-refractivity contribution is 5.30. The first-order valence-electron chi connectivity index (χ1n) is 4.14. The van der Waals surface area contributed by atoms with Crippen molar-refractivity contribution in [2.75, 3.05) is 6.54 Å². The number of hydrogen-bond donors (Lipinski definition) is 0. The third kappa shape index (κ3) is 2.94. The van der Waals surface area contributed by atoms with Crippen LogP contribution in [0.25, 0.3) is 4.85 Å². The molecule has 15 heavy (non-hydrogen) atoms. The summed E-state index contributed by atoms with van der Waals surface area (Å²) < 4.78 is 49.9. The second-order valence-corrected chi connectivity index (χ2v) is 2.93. The molecule has 0 saturated heterocycles. The topological polar surface area (TPSA) is 4.36 Å². The smallest absolute Gasteiger partial charge is 0.317 e. The van der Waals surface area contributed by atoms with Crippen LogP contribution in [0.1, 0.15) is 11.1 Å². The molecule has 1 nitrogen and oxygen atoms in total. The molecule has 0 spiro atoms. The van der Waals surface area contributed by atoms with E-state index < -0.39 is 17.6 Å². The molecule has 5 heteroatoms. The van der Waals surface area contributed by atoms with E-state index >= 15 is 0 Å². The van der Waals surface area contributed by atoms with Crippen molar-refractivity contribution in [1.82, 2.24) is 0 Å². The fourth-order valence-corrected chi connectivity index (χ4v) is 1.22. The van der Waals surface area contributed by atoms with E-state index in [2.05, 4.69) is 4.85 Å². The van der Waals surface area contributed by atoms with Crippen molar-refractivity contribution in [3.8, 4) is 0 Å². The molecular weight excluding hydrogens is 210 g/mol. The molecule has 0 unspecified atom stereocenters. The lowest BCUT2D eigenvalue weighted by molar-refractivity contribution is -0.138. The summed E-state index contributed by atoms with van der Waals surface area (Å²) in [6.45, 7) is 6.41. The second kappa shape index (κ2) is 4.30. The van der Waals surface area contributed by atoms with Gasteiger partial charge in [0, 0.05) is 6.42 Å². The van der Waals surface area contributed by atoms with Gasteiger partial charge in [-0.1, -0.05) is 0 Å². The Hall–Kier alpha value is -1.57. The number of rotatable bonds is 2. The van der Waals surface area contributed by atoms with E-state index in [1.165, 1.54) is 0 Å². The zero-order valence-corrected chi connectivity index (χ0v) is 7.61. The first-order chi connectivity index (χ1) is 6.95. The standard InChI is InChI=1S/C10H7F4N/c1-15-5-4-7-6-8(11)2-3-9(7)10(12,13)14/h2-3,6H,4-5H2. The molecule has 0 fully saturated rings. The van der Waals surface area contributed by atoms with Crippen LogP contribution in [0.5, 0.6) is 0 Å². The van der Waals surface area contributed by atoms with E-state index in [1.807, 2.05) is 0 Å². The van der Waals surface area contributed by atoms with E-state index in [4.69, 9.17) is 6.57 Å². The van der Waals surface area contributed by atoms with Crippen LogP contribution in [-0.2, 0) is 12.6 Å². The predicted molar refractivity (Wildman–Crippen MR) is 46.6 cm³/mol. The lowest BCUT2D eigenvalue weighted by atomic mass is 10.0. The van der Waals surface area contributed by atoms with E-state index in [-0.39, 0.29) is 18.5 Å². The molecule has 1 rings (SSSR count). The molecule has 1 aromatic rings. The first-order valence-corrected chi connectivity index (χ1v) is 4.14. The van der Waals surface area contributed by atoms with Gasteiger partial charge < -0.3 is 4.85 Å². The average molecular weight is 217 g/mol. The van der Waals surface area contributed by atoms with Gasteiger partial charge >= 0.3 is 6.18 Å². The van der Waals surface area contributed by atoms with Crippen molar-refractivity contribution in [2.45, 2.75) is 12.6 Å². The quantitative estimate of drug-likeness (QED) is 0.528. The summed E-state index contributed by atoms with van der Waals surface area (Å²) in [6, 6.07) is 2.30. The van der Waals surface area contributed by atoms with Crippen LogP contribution in [0, 0.1) is 12.4 Å². The van der Waals surface area contributed by atoms with Gasteiger partial charge in [0.25, 0.3) is 0 Å². The number of nitrogens with zero attached hydrogens (tertiary/aromatic N) is 1. The summed E-state index contributed by atoms with van der Waals surface area (Å²) in [7, 11) is 0. The molecule has 0 aromatic heterocycles. The van der Waals surface area contributed by atoms with Gasteiger partial charge in [-0.05, 0) is 23.8 Å². The minimum atomic E-state index is -4.49. The molecule has 0 heterocycles. The van der Waals surface area contributed by atoms with Gasteiger partial charge in [0.1, 0.15) is 5.82 Å². The van der Waals surface area contributed by atoms with E-state index in [9.17, 15) is 17.6 Å². The average Bonchev–Trinajstić information content (AvgIpc) is 2.12. The van der Waals surface area contributed by atoms with Crippen LogP contribution in [0.15, 0.2) is 18.2 Å². The third-order valence-corrected chi connectivity index (χ3v) is 1.87. The zero-order chi connectivity index (χ0) is 11.5. The van der Waals surface area contributed by atoms with E-state index in [0.29, 0.717) is 6.07 Å². The first kappa shape index (κ1) is 11.5. The molecule has 0 amide bonds. The van der Waals surface area contributed by atoms with Crippen molar-refractivity contribution >= 4 is 0 Å². The highest BCUT2D eigenvalue weighted by atomic mass is 19.4. The Kier molecular flexibility index (Phi) is 3.30. The normalized spacial score (nSPS) is 11.1. The molecule has 0 bridgehead atoms. The minimum absolute atomic E-state index is 0.0769. The Morgan fingerprint density at radius 3 is 2.47 bits per heavy atom. The maximum atomic E-state index is 12.7. The molecule has 0 radical (unpaired) electrons. The maximum Gasteiger partial charge on any atom is 0.416 e. The van der Waals surface area contributed by atoms with E-state index in [0.717, 1.165) is 12.1 Å². The molecule has 80 valence electrons. The zero-order valence-electron chi connectivity index (χ0n) is 7.61. The number of benzene rings is 1. The van der Waals surface area contributed by atoms with E-state index in [1.54, 1.807) is 0 Å². The summed E-state index contributed by atoms with van der Waals surface area (Å²) in [6.07, 6.45) is -4.58. The lowest BCUT2D eigenvalue weighted by Gasteiger charge is -2.10. The molecule has 1 aromatic carbocycles. The number of hydrogen-bond acceptors (Lipinski definition) is 0. The molecule has 0 aliphatic carbocycles. The monoisotopic (exact) mass is 217 g/mol. The van der Waals surface area contributed by atoms with Gasteiger partial charge in [-0.15, -0.1) is 0 Å². The lowest BCUT2D eigenvalue weighted by Crippen LogP contribution is -2.10. The molecule has 0 aliphatic heterocycles. The molecule has 0 saturated carbocycles. The van der Waals surface area contributed by atoms with Gasteiger partial charge in [-0.3, -0.25) is 0 Å². The van der Waals surface area contributed by atoms with Crippen molar-refractivity contribution < 1.29 is 17.6 Å². The summed E-state index contributed by atoms with van der Waals surface area (Å²) >= 11 is 0. The van der Waals surface area contributed by atoms with Crippen LogP contribution < -0.4 is 0 Å². The number of alkyl halides is 3. The Morgan fingerprint density at radius 2 is 1.93 bits per heavy atom. The van der Waals surface area contributed by atoms with Crippen molar-refractivity contribution in [2.24, 2.45) is 0 Å². The van der Waals surface area contributed by atoms with Gasteiger partial charge in [-0.25, -0.2) is 11.0 Å². The summed E-state index contributed by atoms with van der Waals surface area (Å²) in [5, 5.41) is 0. The SMILES string of the molecule is [C-]#[N+]CCc1cc(F)ccc1C(F)(F)F. The van der Waals surface area contributed by atoms with Crippen LogP contribution in [0.4, 0.5) is 17.6 Å². The molecule has 0 N–H and O–H groups in total. The molecule has 0 atom stereocenters. The Bertz CT molecular complexity index is 389. The van der Waals surface area contributed by atoms with Crippen LogP contribution in [0.3, 0.4) is 0 Å². The summed E-state index contributed by atoms with van der Waals surface area (Å²) in [5.41, 5.74) is -1.04. The maximum absolute atomic E-state index is 12.7. The van der Waals surface area contributed by atoms with Gasteiger partial charge in [0.05, 0.1) is 5.56 Å². The highest BCUT2D eigenvalue weighted by Crippen LogP contribution is 2.32.